The third kappa shape index (κ3) is 4.59. The first-order chi connectivity index (χ1) is 16.5. The highest BCUT2D eigenvalue weighted by atomic mass is 16.5. The Bertz CT molecular complexity index is 1180. The molecule has 2 aromatic heterocycles. The molecule has 3 heterocycles. The minimum absolute atomic E-state index is 0.0469. The van der Waals surface area contributed by atoms with Gasteiger partial charge in [-0.3, -0.25) is 9.48 Å². The normalized spacial score (nSPS) is 19.1. The molecule has 1 atom stereocenters. The van der Waals surface area contributed by atoms with Gasteiger partial charge in [0, 0.05) is 35.5 Å². The van der Waals surface area contributed by atoms with Crippen LogP contribution in [0.25, 0.3) is 21.9 Å². The monoisotopic (exact) mass is 463 g/mol. The Morgan fingerprint density at radius 2 is 1.97 bits per heavy atom. The number of nitrogens with two attached hydrogens (primary N) is 1. The van der Waals surface area contributed by atoms with Crippen LogP contribution in [0.5, 0.6) is 11.6 Å². The lowest BCUT2D eigenvalue weighted by Gasteiger charge is -2.24. The van der Waals surface area contributed by atoms with Crippen LogP contribution >= 0.6 is 0 Å². The number of hydrogen-bond acceptors (Lipinski definition) is 6. The van der Waals surface area contributed by atoms with Gasteiger partial charge in [-0.2, -0.15) is 5.10 Å². The lowest BCUT2D eigenvalue weighted by molar-refractivity contribution is 0.0994. The molecule has 1 aliphatic carbocycles. The first-order valence-electron chi connectivity index (χ1n) is 12.3. The Hall–Kier alpha value is -3.13. The fourth-order valence-electron chi connectivity index (χ4n) is 5.03. The van der Waals surface area contributed by atoms with Crippen LogP contribution < -0.4 is 20.5 Å². The van der Waals surface area contributed by atoms with E-state index in [0.29, 0.717) is 23.2 Å². The highest BCUT2D eigenvalue weighted by molar-refractivity contribution is 6.06. The summed E-state index contributed by atoms with van der Waals surface area (Å²) >= 11 is 0. The zero-order chi connectivity index (χ0) is 23.7. The second-order valence-electron chi connectivity index (χ2n) is 9.64. The number of carbonyl (C=O) groups is 1. The van der Waals surface area contributed by atoms with Crippen molar-refractivity contribution in [3.05, 3.63) is 36.3 Å². The van der Waals surface area contributed by atoms with E-state index < -0.39 is 5.91 Å². The predicted molar refractivity (Wildman–Crippen MR) is 131 cm³/mol. The molecule has 3 N–H and O–H groups in total. The van der Waals surface area contributed by atoms with E-state index in [4.69, 9.17) is 20.2 Å². The molecular weight excluding hydrogens is 430 g/mol. The number of nitrogens with zero attached hydrogens (tertiary/aromatic N) is 3. The fraction of sp³-hybridized carbons (Fsp3) is 0.500. The van der Waals surface area contributed by atoms with Gasteiger partial charge in [0.25, 0.3) is 5.91 Å². The molecule has 2 fully saturated rings. The van der Waals surface area contributed by atoms with Crippen molar-refractivity contribution in [1.82, 2.24) is 20.1 Å². The van der Waals surface area contributed by atoms with Crippen LogP contribution in [-0.4, -0.2) is 46.0 Å². The summed E-state index contributed by atoms with van der Waals surface area (Å²) in [6.07, 6.45) is 12.6. The van der Waals surface area contributed by atoms with Crippen molar-refractivity contribution in [2.24, 2.45) is 5.73 Å². The third-order valence-electron chi connectivity index (χ3n) is 6.72. The first kappa shape index (κ1) is 22.7. The predicted octanol–water partition coefficient (Wildman–Crippen LogP) is 4.23. The second kappa shape index (κ2) is 9.62. The van der Waals surface area contributed by atoms with Gasteiger partial charge in [-0.25, -0.2) is 4.98 Å². The maximum absolute atomic E-state index is 12.3. The summed E-state index contributed by atoms with van der Waals surface area (Å²) in [5.74, 6) is 0.461. The van der Waals surface area contributed by atoms with Crippen molar-refractivity contribution >= 4 is 16.7 Å². The topological polar surface area (TPSA) is 104 Å². The number of aromatic nitrogens is 3. The van der Waals surface area contributed by atoms with Crippen molar-refractivity contribution in [2.45, 2.75) is 70.6 Å². The number of primary amides is 1. The van der Waals surface area contributed by atoms with Gasteiger partial charge in [0.1, 0.15) is 11.9 Å². The summed E-state index contributed by atoms with van der Waals surface area (Å²) in [5, 5.41) is 9.68. The number of nitrogens with one attached hydrogen (secondary N) is 1. The summed E-state index contributed by atoms with van der Waals surface area (Å²) in [6, 6.07) is 4.10. The number of piperidine rings is 1. The van der Waals surface area contributed by atoms with Crippen molar-refractivity contribution < 1.29 is 14.3 Å². The second-order valence-corrected chi connectivity index (χ2v) is 9.64. The minimum Gasteiger partial charge on any atom is -0.490 e. The van der Waals surface area contributed by atoms with Gasteiger partial charge >= 0.3 is 0 Å². The van der Waals surface area contributed by atoms with Gasteiger partial charge in [-0.15, -0.1) is 0 Å². The number of pyridine rings is 1. The Labute approximate surface area is 199 Å². The summed E-state index contributed by atoms with van der Waals surface area (Å²) < 4.78 is 14.4. The Morgan fingerprint density at radius 1 is 1.15 bits per heavy atom. The summed E-state index contributed by atoms with van der Waals surface area (Å²) in [7, 11) is 0. The number of ether oxygens (including phenoxy) is 2. The Morgan fingerprint density at radius 3 is 2.68 bits per heavy atom. The van der Waals surface area contributed by atoms with Crippen LogP contribution in [0.3, 0.4) is 0 Å². The number of amides is 1. The number of fused-ring (bicyclic) bond motifs is 1. The molecule has 5 rings (SSSR count). The van der Waals surface area contributed by atoms with Crippen molar-refractivity contribution in [3.63, 3.8) is 0 Å². The third-order valence-corrected chi connectivity index (χ3v) is 6.72. The van der Waals surface area contributed by atoms with E-state index in [-0.39, 0.29) is 12.2 Å². The lowest BCUT2D eigenvalue weighted by Crippen LogP contribution is -2.37. The SMILES string of the molecule is CC(C)Oc1cc2c(OC3CCCNC3)ncc(-c3cnn(C4CCCC4)c3)c2cc1C(N)=O. The van der Waals surface area contributed by atoms with E-state index in [2.05, 4.69) is 21.3 Å². The molecule has 1 saturated heterocycles. The molecule has 1 unspecified atom stereocenters. The van der Waals surface area contributed by atoms with Crippen LogP contribution in [0.1, 0.15) is 68.8 Å². The molecule has 34 heavy (non-hydrogen) atoms. The van der Waals surface area contributed by atoms with Gasteiger partial charge in [0.05, 0.1) is 23.9 Å². The van der Waals surface area contributed by atoms with E-state index >= 15 is 0 Å². The van der Waals surface area contributed by atoms with E-state index in [1.807, 2.05) is 38.4 Å². The molecular formula is C26H33N5O3. The van der Waals surface area contributed by atoms with Gasteiger partial charge in [-0.1, -0.05) is 12.8 Å². The van der Waals surface area contributed by atoms with E-state index in [0.717, 1.165) is 60.7 Å². The van der Waals surface area contributed by atoms with Crippen LogP contribution in [0.15, 0.2) is 30.7 Å². The number of rotatable bonds is 7. The standard InChI is InChI=1S/C26H33N5O3/c1-16(2)33-24-11-21-20(10-22(24)25(27)32)23(14-29-26(21)34-19-8-5-9-28-13-19)17-12-30-31(15-17)18-6-3-4-7-18/h10-12,14-16,18-19,28H,3-9,13H2,1-2H3,(H2,27,32). The molecule has 180 valence electrons. The van der Waals surface area contributed by atoms with Crippen LogP contribution in [0, 0.1) is 0 Å². The molecule has 1 aromatic carbocycles. The molecule has 0 bridgehead atoms. The van der Waals surface area contributed by atoms with Gasteiger partial charge in [-0.05, 0) is 63.6 Å². The van der Waals surface area contributed by atoms with Crippen molar-refractivity contribution in [3.8, 4) is 22.8 Å². The first-order valence-corrected chi connectivity index (χ1v) is 12.3. The van der Waals surface area contributed by atoms with Crippen molar-refractivity contribution in [2.75, 3.05) is 13.1 Å². The molecule has 3 aromatic rings. The highest BCUT2D eigenvalue weighted by Gasteiger charge is 2.23. The minimum atomic E-state index is -0.527. The largest absolute Gasteiger partial charge is 0.490 e. The Balaban J connectivity index is 1.62. The maximum Gasteiger partial charge on any atom is 0.252 e. The smallest absolute Gasteiger partial charge is 0.252 e. The number of hydrogen-bond donors (Lipinski definition) is 2. The van der Waals surface area contributed by atoms with Gasteiger partial charge < -0.3 is 20.5 Å². The Kier molecular flexibility index (Phi) is 6.41. The molecule has 2 aliphatic rings. The zero-order valence-corrected chi connectivity index (χ0v) is 19.9. The fourth-order valence-corrected chi connectivity index (χ4v) is 5.03. The zero-order valence-electron chi connectivity index (χ0n) is 19.9. The average Bonchev–Trinajstić information content (AvgIpc) is 3.51. The summed E-state index contributed by atoms with van der Waals surface area (Å²) in [5.41, 5.74) is 7.96. The van der Waals surface area contributed by atoms with Gasteiger partial charge in [0.15, 0.2) is 0 Å². The average molecular weight is 464 g/mol. The molecule has 0 radical (unpaired) electrons. The van der Waals surface area contributed by atoms with E-state index in [1.165, 1.54) is 12.8 Å². The van der Waals surface area contributed by atoms with E-state index in [1.54, 1.807) is 0 Å². The summed E-state index contributed by atoms with van der Waals surface area (Å²) in [6.45, 7) is 5.64. The van der Waals surface area contributed by atoms with Crippen molar-refractivity contribution in [1.29, 1.82) is 0 Å². The lowest BCUT2D eigenvalue weighted by atomic mass is 9.99. The molecule has 1 aliphatic heterocycles. The van der Waals surface area contributed by atoms with Crippen LogP contribution in [0.4, 0.5) is 0 Å². The van der Waals surface area contributed by atoms with E-state index in [9.17, 15) is 4.79 Å². The number of benzene rings is 1. The van der Waals surface area contributed by atoms with Crippen LogP contribution in [0.2, 0.25) is 0 Å². The number of carbonyl (C=O) groups excluding carboxylic acids is 1. The summed E-state index contributed by atoms with van der Waals surface area (Å²) in [4.78, 5) is 17.1. The maximum atomic E-state index is 12.3. The molecule has 1 saturated carbocycles. The molecule has 0 spiro atoms. The highest BCUT2D eigenvalue weighted by Crippen LogP contribution is 2.38. The molecule has 1 amide bonds. The molecule has 8 nitrogen and oxygen atoms in total. The molecule has 8 heteroatoms. The quantitative estimate of drug-likeness (QED) is 0.543. The van der Waals surface area contributed by atoms with Crippen LogP contribution in [-0.2, 0) is 0 Å². The van der Waals surface area contributed by atoms with Gasteiger partial charge in [0.2, 0.25) is 5.88 Å².